The van der Waals surface area contributed by atoms with Crippen molar-refractivity contribution in [1.29, 1.82) is 0 Å². The quantitative estimate of drug-likeness (QED) is 0.121. The van der Waals surface area contributed by atoms with E-state index in [2.05, 4.69) is 452 Å². The maximum Gasteiger partial charge on any atom is 0.160 e. The number of hydrogen-bond donors (Lipinski definition) is 0. The van der Waals surface area contributed by atoms with Gasteiger partial charge in [0.1, 0.15) is 0 Å². The van der Waals surface area contributed by atoms with Crippen LogP contribution in [0.3, 0.4) is 0 Å². The highest BCUT2D eigenvalue weighted by Gasteiger charge is 2.56. The van der Waals surface area contributed by atoms with Crippen LogP contribution in [0.1, 0.15) is 94.5 Å². The molecule has 0 saturated heterocycles. The lowest BCUT2D eigenvalue weighted by molar-refractivity contribution is 0.562. The van der Waals surface area contributed by atoms with Gasteiger partial charge in [-0.3, -0.25) is 0 Å². The molecule has 2 aromatic heterocycles. The molecule has 582 valence electrons. The highest BCUT2D eigenvalue weighted by atomic mass is 14.9. The molecule has 0 N–H and O–H groups in total. The van der Waals surface area contributed by atoms with E-state index < -0.39 is 10.8 Å². The molecule has 0 saturated carbocycles. The standard InChI is InChI=1S/C120H82N4/c1-117(2)100-50-20-22-52-104(100)119(99-49-19-17-46-97(99)114-94(47-28-54-106(114)119)85-39-27-43-91(69-85)116-121-110(78-34-12-7-13-35-78)73-113(124-116)89-58-61-93-86(68-89)56-55-77-33-14-15-44-92(77)93)108-71-83(59-63-102(108)117)84-60-64-103-109(72-84)120(105-53-23-21-51-101(105)118(103,3)4)98-48-18-16-45-95(98)96-62-57-82(70-107(96)120)81-38-26-42-90(67-81)115-122-111(87-40-24-36-79(65-87)75-29-8-5-9-30-75)74-112(123-115)88-41-25-37-80(66-88)76-31-10-6-11-32-76/h5-74H,1-4H3. The van der Waals surface area contributed by atoms with Crippen LogP contribution < -0.4 is 0 Å². The van der Waals surface area contributed by atoms with E-state index in [1.165, 1.54) is 122 Å². The van der Waals surface area contributed by atoms with Crippen LogP contribution in [0.15, 0.2) is 425 Å². The van der Waals surface area contributed by atoms with Crippen LogP contribution in [0.2, 0.25) is 0 Å². The van der Waals surface area contributed by atoms with Gasteiger partial charge in [0.05, 0.1) is 33.6 Å². The van der Waals surface area contributed by atoms with Crippen LogP contribution in [0.25, 0.3) is 167 Å². The Bertz CT molecular complexity index is 7710. The number of fused-ring (bicyclic) bond motifs is 21. The van der Waals surface area contributed by atoms with Crippen LogP contribution in [0.5, 0.6) is 0 Å². The Morgan fingerprint density at radius 3 is 1.06 bits per heavy atom. The molecule has 124 heavy (non-hydrogen) atoms. The van der Waals surface area contributed by atoms with Gasteiger partial charge in [-0.25, -0.2) is 19.9 Å². The molecule has 18 aromatic carbocycles. The minimum Gasteiger partial charge on any atom is -0.228 e. The predicted octanol–water partition coefficient (Wildman–Crippen LogP) is 29.9. The Morgan fingerprint density at radius 1 is 0.161 bits per heavy atom. The molecule has 0 amide bonds. The molecule has 2 unspecified atom stereocenters. The summed E-state index contributed by atoms with van der Waals surface area (Å²) in [5.41, 5.74) is 39.3. The van der Waals surface area contributed by atoms with Crippen molar-refractivity contribution in [2.24, 2.45) is 0 Å². The zero-order valence-corrected chi connectivity index (χ0v) is 69.2. The van der Waals surface area contributed by atoms with Crippen molar-refractivity contribution in [2.75, 3.05) is 0 Å². The van der Waals surface area contributed by atoms with Crippen molar-refractivity contribution >= 4 is 21.5 Å². The van der Waals surface area contributed by atoms with Gasteiger partial charge in [0.2, 0.25) is 0 Å². The lowest BCUT2D eigenvalue weighted by atomic mass is 9.54. The number of benzene rings is 18. The molecule has 4 nitrogen and oxygen atoms in total. The van der Waals surface area contributed by atoms with Crippen LogP contribution in [0.4, 0.5) is 0 Å². The predicted molar refractivity (Wildman–Crippen MR) is 511 cm³/mol. The second-order valence-corrected chi connectivity index (χ2v) is 35.0. The third-order valence-electron chi connectivity index (χ3n) is 27.6. The monoisotopic (exact) mass is 1580 g/mol. The van der Waals surface area contributed by atoms with E-state index in [9.17, 15) is 0 Å². The first-order chi connectivity index (χ1) is 60.9. The average molecular weight is 1580 g/mol. The van der Waals surface area contributed by atoms with E-state index in [0.717, 1.165) is 101 Å². The normalized spacial score (nSPS) is 15.6. The summed E-state index contributed by atoms with van der Waals surface area (Å²) in [6.07, 6.45) is 0. The molecule has 2 spiro atoms. The van der Waals surface area contributed by atoms with Crippen molar-refractivity contribution < 1.29 is 0 Å². The van der Waals surface area contributed by atoms with Crippen molar-refractivity contribution in [3.8, 4) is 146 Å². The van der Waals surface area contributed by atoms with E-state index >= 15 is 0 Å². The molecule has 20 aromatic rings. The summed E-state index contributed by atoms with van der Waals surface area (Å²) in [5.74, 6) is 1.33. The van der Waals surface area contributed by atoms with Crippen LogP contribution in [-0.2, 0) is 21.7 Å². The Labute approximate surface area is 723 Å². The highest BCUT2D eigenvalue weighted by molar-refractivity contribution is 6.09. The van der Waals surface area contributed by atoms with E-state index in [4.69, 9.17) is 19.9 Å². The Balaban J connectivity index is 0.651. The minimum atomic E-state index is -0.717. The molecular formula is C120H82N4. The number of aromatic nitrogens is 4. The molecule has 2 atom stereocenters. The van der Waals surface area contributed by atoms with Gasteiger partial charge in [0.25, 0.3) is 0 Å². The van der Waals surface area contributed by atoms with Gasteiger partial charge in [-0.05, 0) is 227 Å². The fourth-order valence-electron chi connectivity index (χ4n) is 21.8. The molecule has 4 heteroatoms. The van der Waals surface area contributed by atoms with Crippen LogP contribution >= 0.6 is 0 Å². The fourth-order valence-corrected chi connectivity index (χ4v) is 21.8. The summed E-state index contributed by atoms with van der Waals surface area (Å²) >= 11 is 0. The largest absolute Gasteiger partial charge is 0.228 e. The van der Waals surface area contributed by atoms with Gasteiger partial charge in [-0.15, -0.1) is 0 Å². The van der Waals surface area contributed by atoms with Crippen molar-refractivity contribution in [2.45, 2.75) is 49.4 Å². The molecule has 2 heterocycles. The Morgan fingerprint density at radius 2 is 0.492 bits per heavy atom. The Kier molecular flexibility index (Phi) is 16.5. The van der Waals surface area contributed by atoms with Gasteiger partial charge in [-0.2, -0.15) is 0 Å². The zero-order valence-electron chi connectivity index (χ0n) is 69.2. The third-order valence-corrected chi connectivity index (χ3v) is 27.6. The topological polar surface area (TPSA) is 51.6 Å². The summed E-state index contributed by atoms with van der Waals surface area (Å²) in [4.78, 5) is 22.0. The summed E-state index contributed by atoms with van der Waals surface area (Å²) in [6.45, 7) is 9.75. The molecule has 4 aliphatic carbocycles. The van der Waals surface area contributed by atoms with Crippen molar-refractivity contribution in [3.63, 3.8) is 0 Å². The summed E-state index contributed by atoms with van der Waals surface area (Å²) in [5, 5.41) is 4.86. The first-order valence-electron chi connectivity index (χ1n) is 43.2. The van der Waals surface area contributed by atoms with Crippen LogP contribution in [0, 0.1) is 0 Å². The van der Waals surface area contributed by atoms with Gasteiger partial charge < -0.3 is 0 Å². The lowest BCUT2D eigenvalue weighted by Crippen LogP contribution is -2.41. The first kappa shape index (κ1) is 72.6. The average Bonchev–Trinajstić information content (AvgIpc) is 1.50. The van der Waals surface area contributed by atoms with E-state index in [1.54, 1.807) is 0 Å². The second kappa shape index (κ2) is 28.1. The highest BCUT2D eigenvalue weighted by Crippen LogP contribution is 2.66. The van der Waals surface area contributed by atoms with E-state index in [0.29, 0.717) is 11.6 Å². The molecular weight excluding hydrogens is 1500 g/mol. The third kappa shape index (κ3) is 11.2. The minimum absolute atomic E-state index is 0.361. The smallest absolute Gasteiger partial charge is 0.160 e. The number of rotatable bonds is 11. The molecule has 0 bridgehead atoms. The number of nitrogens with zero attached hydrogens (tertiary/aromatic N) is 4. The number of hydrogen-bond acceptors (Lipinski definition) is 4. The first-order valence-corrected chi connectivity index (χ1v) is 43.2. The Hall–Kier alpha value is -15.4. The SMILES string of the molecule is CC1(C)c2ccccc2C2(c3ccccc3-c3ccc(-c4cccc(-c5nc(-c6cccc(-c7ccccc7)c6)cc(-c6cccc(-c7ccccc7)c6)n5)c4)cc32)c2cc(-c3ccc4c(c3)C3(c5ccccc5-c5c(-c6cccc(-c7nc(-c8ccccc8)cc(-c8ccc9c(ccc%10ccccc%109)c8)n7)c6)cccc53)c3ccccc3C4(C)C)ccc21. The van der Waals surface area contributed by atoms with Crippen LogP contribution in [-0.4, -0.2) is 19.9 Å². The molecule has 4 aliphatic rings. The summed E-state index contributed by atoms with van der Waals surface area (Å²) in [7, 11) is 0. The van der Waals surface area contributed by atoms with Crippen molar-refractivity contribution in [3.05, 3.63) is 491 Å². The molecule has 0 fully saturated rings. The second-order valence-electron chi connectivity index (χ2n) is 35.0. The van der Waals surface area contributed by atoms with Crippen molar-refractivity contribution in [1.82, 2.24) is 19.9 Å². The molecule has 24 rings (SSSR count). The van der Waals surface area contributed by atoms with Gasteiger partial charge in [0, 0.05) is 44.2 Å². The maximum atomic E-state index is 5.52. The maximum absolute atomic E-state index is 5.52. The van der Waals surface area contributed by atoms with Gasteiger partial charge in [-0.1, -0.05) is 392 Å². The summed E-state index contributed by atoms with van der Waals surface area (Å²) < 4.78 is 0. The fraction of sp³-hybridized carbons (Fsp3) is 0.0667. The molecule has 0 aliphatic heterocycles. The molecule has 0 radical (unpaired) electrons. The van der Waals surface area contributed by atoms with E-state index in [-0.39, 0.29) is 10.8 Å². The van der Waals surface area contributed by atoms with Gasteiger partial charge in [0.15, 0.2) is 11.6 Å². The summed E-state index contributed by atoms with van der Waals surface area (Å²) in [6, 6.07) is 158. The van der Waals surface area contributed by atoms with E-state index in [1.807, 2.05) is 0 Å². The zero-order chi connectivity index (χ0) is 82.6. The van der Waals surface area contributed by atoms with Gasteiger partial charge >= 0.3 is 0 Å². The lowest BCUT2D eigenvalue weighted by Gasteiger charge is -2.47.